The molecule has 0 aliphatic carbocycles. The topological polar surface area (TPSA) is 25.2 Å². The van der Waals surface area contributed by atoms with Gasteiger partial charge in [0, 0.05) is 27.4 Å². The number of para-hydroxylation sites is 1. The zero-order valence-electron chi connectivity index (χ0n) is 10.6. The minimum absolute atomic E-state index is 0.0416. The molecule has 0 atom stereocenters. The molecule has 3 aromatic rings. The van der Waals surface area contributed by atoms with Crippen LogP contribution in [0.25, 0.3) is 16.6 Å². The van der Waals surface area contributed by atoms with E-state index in [9.17, 15) is 5.11 Å². The second-order valence-electron chi connectivity index (χ2n) is 4.55. The Morgan fingerprint density at radius 3 is 2.63 bits per heavy atom. The smallest absolute Gasteiger partial charge is 0.0705 e. The lowest BCUT2D eigenvalue weighted by Crippen LogP contribution is -1.97. The number of hydrogen-bond donors (Lipinski definition) is 1. The van der Waals surface area contributed by atoms with E-state index in [1.165, 1.54) is 0 Å². The van der Waals surface area contributed by atoms with E-state index in [0.29, 0.717) is 5.02 Å². The van der Waals surface area contributed by atoms with Crippen LogP contribution in [0.4, 0.5) is 0 Å². The molecular formula is C16H14ClNO. The quantitative estimate of drug-likeness (QED) is 0.746. The molecule has 3 heteroatoms. The lowest BCUT2D eigenvalue weighted by Gasteiger charge is -2.09. The number of benzene rings is 2. The maximum Gasteiger partial charge on any atom is 0.0705 e. The summed E-state index contributed by atoms with van der Waals surface area (Å²) >= 11 is 6.08. The number of rotatable bonds is 2. The number of hydrogen-bond acceptors (Lipinski definition) is 1. The van der Waals surface area contributed by atoms with Crippen molar-refractivity contribution in [2.24, 2.45) is 0 Å². The van der Waals surface area contributed by atoms with Gasteiger partial charge < -0.3 is 9.67 Å². The molecule has 0 saturated heterocycles. The molecule has 19 heavy (non-hydrogen) atoms. The van der Waals surface area contributed by atoms with Gasteiger partial charge >= 0.3 is 0 Å². The molecule has 2 aromatic carbocycles. The van der Waals surface area contributed by atoms with Crippen molar-refractivity contribution in [2.75, 3.05) is 0 Å². The molecule has 1 aromatic heterocycles. The Morgan fingerprint density at radius 1 is 1.11 bits per heavy atom. The Bertz CT molecular complexity index is 746. The molecule has 0 fully saturated rings. The lowest BCUT2D eigenvalue weighted by molar-refractivity contribution is 0.282. The highest BCUT2D eigenvalue weighted by molar-refractivity contribution is 6.30. The molecule has 0 aliphatic rings. The van der Waals surface area contributed by atoms with Gasteiger partial charge in [-0.15, -0.1) is 0 Å². The van der Waals surface area contributed by atoms with Crippen LogP contribution in [0, 0.1) is 6.92 Å². The highest BCUT2D eigenvalue weighted by atomic mass is 35.5. The van der Waals surface area contributed by atoms with E-state index in [1.54, 1.807) is 0 Å². The molecular weight excluding hydrogens is 258 g/mol. The van der Waals surface area contributed by atoms with E-state index in [0.717, 1.165) is 27.8 Å². The molecule has 2 nitrogen and oxygen atoms in total. The van der Waals surface area contributed by atoms with E-state index < -0.39 is 0 Å². The summed E-state index contributed by atoms with van der Waals surface area (Å²) in [6.45, 7) is 2.06. The summed E-state index contributed by atoms with van der Waals surface area (Å²) in [5.74, 6) is 0. The Hall–Kier alpha value is -1.77. The summed E-state index contributed by atoms with van der Waals surface area (Å²) in [6, 6.07) is 15.8. The van der Waals surface area contributed by atoms with Gasteiger partial charge in [-0.1, -0.05) is 35.9 Å². The van der Waals surface area contributed by atoms with Gasteiger partial charge in [0.15, 0.2) is 0 Å². The van der Waals surface area contributed by atoms with Crippen molar-refractivity contribution in [3.8, 4) is 5.69 Å². The second kappa shape index (κ2) is 4.72. The van der Waals surface area contributed by atoms with Crippen molar-refractivity contribution in [2.45, 2.75) is 13.5 Å². The molecule has 0 aliphatic heterocycles. The largest absolute Gasteiger partial charge is 0.392 e. The number of fused-ring (bicyclic) bond motifs is 1. The average molecular weight is 272 g/mol. The van der Waals surface area contributed by atoms with E-state index in [4.69, 9.17) is 11.6 Å². The van der Waals surface area contributed by atoms with Crippen LogP contribution >= 0.6 is 11.6 Å². The van der Waals surface area contributed by atoms with Crippen molar-refractivity contribution in [3.63, 3.8) is 0 Å². The molecule has 0 radical (unpaired) electrons. The third kappa shape index (κ3) is 1.93. The van der Waals surface area contributed by atoms with Crippen molar-refractivity contribution in [3.05, 3.63) is 64.8 Å². The molecule has 0 saturated carbocycles. The first kappa shape index (κ1) is 12.3. The fourth-order valence-corrected chi connectivity index (χ4v) is 2.77. The lowest BCUT2D eigenvalue weighted by atomic mass is 10.1. The van der Waals surface area contributed by atoms with Gasteiger partial charge in [0.05, 0.1) is 12.1 Å². The number of nitrogens with zero attached hydrogens (tertiary/aromatic N) is 1. The maximum atomic E-state index is 9.59. The Labute approximate surface area is 116 Å². The predicted octanol–water partition coefficient (Wildman–Crippen LogP) is 4.08. The van der Waals surface area contributed by atoms with Crippen molar-refractivity contribution in [1.82, 2.24) is 4.57 Å². The zero-order valence-corrected chi connectivity index (χ0v) is 11.4. The van der Waals surface area contributed by atoms with Crippen molar-refractivity contribution >= 4 is 22.5 Å². The molecule has 1 heterocycles. The molecule has 0 spiro atoms. The standard InChI is InChI=1S/C16H14ClNO/c1-11-15(10-19)14-7-2-3-8-16(14)18(11)13-6-4-5-12(17)9-13/h2-9,19H,10H2,1H3. The third-order valence-electron chi connectivity index (χ3n) is 3.47. The van der Waals surface area contributed by atoms with Crippen LogP contribution in [0.3, 0.4) is 0 Å². The minimum Gasteiger partial charge on any atom is -0.392 e. The maximum absolute atomic E-state index is 9.59. The number of aromatic nitrogens is 1. The van der Waals surface area contributed by atoms with Gasteiger partial charge in [0.1, 0.15) is 0 Å². The van der Waals surface area contributed by atoms with Crippen LogP contribution < -0.4 is 0 Å². The fraction of sp³-hybridized carbons (Fsp3) is 0.125. The summed E-state index contributed by atoms with van der Waals surface area (Å²) in [6.07, 6.45) is 0. The molecule has 96 valence electrons. The predicted molar refractivity (Wildman–Crippen MR) is 78.9 cm³/mol. The van der Waals surface area contributed by atoms with Gasteiger partial charge in [-0.05, 0) is 31.2 Å². The van der Waals surface area contributed by atoms with Crippen LogP contribution in [0.5, 0.6) is 0 Å². The molecule has 1 N–H and O–H groups in total. The fourth-order valence-electron chi connectivity index (χ4n) is 2.58. The van der Waals surface area contributed by atoms with Crippen molar-refractivity contribution < 1.29 is 5.11 Å². The summed E-state index contributed by atoms with van der Waals surface area (Å²) in [4.78, 5) is 0. The van der Waals surface area contributed by atoms with Gasteiger partial charge in [0.25, 0.3) is 0 Å². The number of aliphatic hydroxyl groups is 1. The van der Waals surface area contributed by atoms with Crippen molar-refractivity contribution in [1.29, 1.82) is 0 Å². The van der Waals surface area contributed by atoms with E-state index in [1.807, 2.05) is 49.4 Å². The van der Waals surface area contributed by atoms with Crippen LogP contribution in [-0.4, -0.2) is 9.67 Å². The van der Waals surface area contributed by atoms with Gasteiger partial charge in [0.2, 0.25) is 0 Å². The number of halogens is 1. The first-order chi connectivity index (χ1) is 9.22. The second-order valence-corrected chi connectivity index (χ2v) is 4.99. The first-order valence-electron chi connectivity index (χ1n) is 6.18. The normalized spacial score (nSPS) is 11.1. The molecule has 0 unspecified atom stereocenters. The SMILES string of the molecule is Cc1c(CO)c2ccccc2n1-c1cccc(Cl)c1. The summed E-state index contributed by atoms with van der Waals surface area (Å²) < 4.78 is 2.13. The Morgan fingerprint density at radius 2 is 1.89 bits per heavy atom. The highest BCUT2D eigenvalue weighted by Gasteiger charge is 2.13. The Balaban J connectivity index is 2.38. The minimum atomic E-state index is 0.0416. The Kier molecular flexibility index (Phi) is 3.05. The number of aliphatic hydroxyl groups excluding tert-OH is 1. The van der Waals surface area contributed by atoms with E-state index in [2.05, 4.69) is 10.6 Å². The van der Waals surface area contributed by atoms with Crippen LogP contribution in [0.1, 0.15) is 11.3 Å². The van der Waals surface area contributed by atoms with E-state index in [-0.39, 0.29) is 6.61 Å². The highest BCUT2D eigenvalue weighted by Crippen LogP contribution is 2.29. The molecule has 3 rings (SSSR count). The van der Waals surface area contributed by atoms with Gasteiger partial charge in [-0.3, -0.25) is 0 Å². The van der Waals surface area contributed by atoms with Crippen LogP contribution in [0.15, 0.2) is 48.5 Å². The van der Waals surface area contributed by atoms with Gasteiger partial charge in [-0.25, -0.2) is 0 Å². The third-order valence-corrected chi connectivity index (χ3v) is 3.70. The summed E-state index contributed by atoms with van der Waals surface area (Å²) in [5, 5.41) is 11.4. The zero-order chi connectivity index (χ0) is 13.4. The molecule has 0 amide bonds. The average Bonchev–Trinajstić information content (AvgIpc) is 2.70. The monoisotopic (exact) mass is 271 g/mol. The van der Waals surface area contributed by atoms with Gasteiger partial charge in [-0.2, -0.15) is 0 Å². The molecule has 0 bridgehead atoms. The van der Waals surface area contributed by atoms with E-state index >= 15 is 0 Å². The van der Waals surface area contributed by atoms with Crippen LogP contribution in [-0.2, 0) is 6.61 Å². The summed E-state index contributed by atoms with van der Waals surface area (Å²) in [7, 11) is 0. The summed E-state index contributed by atoms with van der Waals surface area (Å²) in [5.41, 5.74) is 4.12. The first-order valence-corrected chi connectivity index (χ1v) is 6.56. The van der Waals surface area contributed by atoms with Crippen LogP contribution in [0.2, 0.25) is 5.02 Å².